The smallest absolute Gasteiger partial charge is 0.377 e. The van der Waals surface area contributed by atoms with Crippen LogP contribution in [0.4, 0.5) is 0 Å². The van der Waals surface area contributed by atoms with Gasteiger partial charge in [-0.05, 0) is 22.5 Å². The van der Waals surface area contributed by atoms with E-state index in [0.717, 1.165) is 0 Å². The van der Waals surface area contributed by atoms with Gasteiger partial charge in [-0.3, -0.25) is 13.6 Å². The Morgan fingerprint density at radius 2 is 1.28 bits per heavy atom. The fourth-order valence-corrected chi connectivity index (χ4v) is 2.67. The van der Waals surface area contributed by atoms with E-state index in [0.29, 0.717) is 0 Å². The van der Waals surface area contributed by atoms with Gasteiger partial charge in [-0.25, -0.2) is 4.57 Å². The van der Waals surface area contributed by atoms with Gasteiger partial charge in [-0.1, -0.05) is 0 Å². The molecule has 6 nitrogen and oxygen atoms in total. The lowest BCUT2D eigenvalue weighted by Gasteiger charge is -2.11. The minimum Gasteiger partial charge on any atom is -0.377 e. The predicted molar refractivity (Wildman–Crippen MR) is 72.2 cm³/mol. The molecule has 0 amide bonds. The molecule has 0 bridgehead atoms. The van der Waals surface area contributed by atoms with Crippen LogP contribution in [0.15, 0.2) is 0 Å². The number of rotatable bonds is 11. The molecule has 0 radical (unpaired) electrons. The van der Waals surface area contributed by atoms with Crippen LogP contribution in [0.25, 0.3) is 0 Å². The zero-order chi connectivity index (χ0) is 14.1. The van der Waals surface area contributed by atoms with Crippen LogP contribution < -0.4 is 0 Å². The molecule has 0 aromatic heterocycles. The number of hydrogen-bond donors (Lipinski definition) is 0. The van der Waals surface area contributed by atoms with Crippen LogP contribution in [-0.2, 0) is 27.4 Å². The topological polar surface area (TPSA) is 71.1 Å². The van der Waals surface area contributed by atoms with Crippen molar-refractivity contribution in [3.8, 4) is 0 Å². The molecule has 0 saturated carbocycles. The van der Waals surface area contributed by atoms with E-state index < -0.39 is 13.0 Å². The Morgan fingerprint density at radius 1 is 0.778 bits per heavy atom. The van der Waals surface area contributed by atoms with E-state index in [2.05, 4.69) is 9.05 Å². The SMILES string of the molecule is O=P(Cl)(Cl)OCCOCCOP(=O)(Cl)OCCCl. The van der Waals surface area contributed by atoms with Gasteiger partial charge in [0.2, 0.25) is 0 Å². The van der Waals surface area contributed by atoms with Crippen LogP contribution in [0.5, 0.6) is 0 Å². The first-order valence-electron chi connectivity index (χ1n) is 4.63. The van der Waals surface area contributed by atoms with E-state index in [4.69, 9.17) is 54.6 Å². The van der Waals surface area contributed by atoms with E-state index in [1.165, 1.54) is 0 Å². The number of ether oxygens (including phenoxy) is 1. The molecule has 0 rings (SSSR count). The van der Waals surface area contributed by atoms with Crippen LogP contribution in [-0.4, -0.2) is 38.9 Å². The minimum absolute atomic E-state index is 0.0256. The van der Waals surface area contributed by atoms with Crippen molar-refractivity contribution in [2.75, 3.05) is 38.9 Å². The van der Waals surface area contributed by atoms with Gasteiger partial charge in [0.15, 0.2) is 0 Å². The van der Waals surface area contributed by atoms with E-state index >= 15 is 0 Å². The Morgan fingerprint density at radius 3 is 1.78 bits per heavy atom. The molecule has 18 heavy (non-hydrogen) atoms. The molecule has 0 aliphatic rings. The molecule has 0 spiro atoms. The Bertz CT molecular complexity index is 310. The summed E-state index contributed by atoms with van der Waals surface area (Å²) in [5.41, 5.74) is 0. The minimum atomic E-state index is -3.60. The Hall–Kier alpha value is 1.46. The standard InChI is InChI=1S/C6H12Cl4O6P2/c7-1-2-15-18(10,12)16-6-4-13-3-5-14-17(8,9)11/h1-6H2. The number of halogens is 4. The maximum Gasteiger partial charge on any atom is 0.424 e. The summed E-state index contributed by atoms with van der Waals surface area (Å²) in [7, 11) is 0. The van der Waals surface area contributed by atoms with Crippen molar-refractivity contribution in [1.82, 2.24) is 0 Å². The molecule has 0 saturated heterocycles. The second-order valence-corrected chi connectivity index (χ2v) is 9.92. The maximum atomic E-state index is 11.3. The highest BCUT2D eigenvalue weighted by Gasteiger charge is 2.20. The molecule has 0 aliphatic carbocycles. The van der Waals surface area contributed by atoms with Crippen LogP contribution in [0.1, 0.15) is 0 Å². The number of alkyl halides is 1. The first-order chi connectivity index (χ1) is 8.27. The zero-order valence-electron chi connectivity index (χ0n) is 9.10. The lowest BCUT2D eigenvalue weighted by molar-refractivity contribution is 0.0746. The van der Waals surface area contributed by atoms with Gasteiger partial charge in [-0.2, -0.15) is 0 Å². The van der Waals surface area contributed by atoms with Crippen LogP contribution in [0, 0.1) is 0 Å². The molecule has 0 aromatic rings. The lowest BCUT2D eigenvalue weighted by atomic mass is 10.7. The van der Waals surface area contributed by atoms with Gasteiger partial charge in [0.05, 0.1) is 33.0 Å². The van der Waals surface area contributed by atoms with Crippen molar-refractivity contribution in [1.29, 1.82) is 0 Å². The third kappa shape index (κ3) is 13.9. The summed E-state index contributed by atoms with van der Waals surface area (Å²) >= 11 is 21.0. The van der Waals surface area contributed by atoms with Gasteiger partial charge in [0.1, 0.15) is 0 Å². The Balaban J connectivity index is 3.45. The fraction of sp³-hybridized carbons (Fsp3) is 1.00. The lowest BCUT2D eigenvalue weighted by Crippen LogP contribution is -2.07. The molecule has 0 aromatic carbocycles. The molecule has 1 unspecified atom stereocenters. The molecule has 0 heterocycles. The normalized spacial score (nSPS) is 15.6. The van der Waals surface area contributed by atoms with Crippen LogP contribution >= 0.6 is 58.3 Å². The highest BCUT2D eigenvalue weighted by Crippen LogP contribution is 2.57. The molecule has 12 heteroatoms. The Labute approximate surface area is 124 Å². The van der Waals surface area contributed by atoms with Crippen molar-refractivity contribution < 1.29 is 27.4 Å². The van der Waals surface area contributed by atoms with Crippen LogP contribution in [0.2, 0.25) is 0 Å². The van der Waals surface area contributed by atoms with Crippen molar-refractivity contribution in [2.24, 2.45) is 0 Å². The monoisotopic (exact) mass is 382 g/mol. The highest BCUT2D eigenvalue weighted by atomic mass is 35.9. The summed E-state index contributed by atoms with van der Waals surface area (Å²) < 4.78 is 40.9. The van der Waals surface area contributed by atoms with E-state index in [1.807, 2.05) is 0 Å². The first kappa shape index (κ1) is 19.5. The van der Waals surface area contributed by atoms with Crippen molar-refractivity contribution in [2.45, 2.75) is 0 Å². The summed E-state index contributed by atoms with van der Waals surface area (Å²) in [6.45, 7) is -3.46. The average Bonchev–Trinajstić information content (AvgIpc) is 2.23. The second kappa shape index (κ2) is 10.2. The third-order valence-electron chi connectivity index (χ3n) is 1.27. The van der Waals surface area contributed by atoms with Crippen molar-refractivity contribution >= 4 is 58.3 Å². The molecule has 1 atom stereocenters. The quantitative estimate of drug-likeness (QED) is 0.302. The third-order valence-corrected chi connectivity index (χ3v) is 4.06. The highest BCUT2D eigenvalue weighted by molar-refractivity contribution is 8.05. The second-order valence-electron chi connectivity index (χ2n) is 2.65. The summed E-state index contributed by atoms with van der Waals surface area (Å²) in [4.78, 5) is 0. The van der Waals surface area contributed by atoms with Gasteiger partial charge < -0.3 is 9.26 Å². The first-order valence-corrected chi connectivity index (χ1v) is 11.0. The van der Waals surface area contributed by atoms with Gasteiger partial charge >= 0.3 is 13.0 Å². The molecule has 0 aliphatic heterocycles. The van der Waals surface area contributed by atoms with E-state index in [-0.39, 0.29) is 38.9 Å². The fourth-order valence-electron chi connectivity index (χ4n) is 0.691. The summed E-state index contributed by atoms with van der Waals surface area (Å²) in [6.07, 6.45) is -3.53. The largest absolute Gasteiger partial charge is 0.424 e. The maximum absolute atomic E-state index is 11.3. The van der Waals surface area contributed by atoms with Crippen LogP contribution in [0.3, 0.4) is 0 Å². The van der Waals surface area contributed by atoms with Gasteiger partial charge in [-0.15, -0.1) is 11.6 Å². The zero-order valence-corrected chi connectivity index (χ0v) is 13.9. The molecular weight excluding hydrogens is 372 g/mol. The van der Waals surface area contributed by atoms with E-state index in [1.54, 1.807) is 0 Å². The summed E-state index contributed by atoms with van der Waals surface area (Å²) in [5, 5.41) is 0. The average molecular weight is 384 g/mol. The molecular formula is C6H12Cl4O6P2. The Kier molecular flexibility index (Phi) is 11.1. The van der Waals surface area contributed by atoms with Crippen molar-refractivity contribution in [3.63, 3.8) is 0 Å². The molecule has 110 valence electrons. The number of hydrogen-bond acceptors (Lipinski definition) is 6. The predicted octanol–water partition coefficient (Wildman–Crippen LogP) is 4.22. The van der Waals surface area contributed by atoms with Gasteiger partial charge in [0, 0.05) is 17.1 Å². The molecule has 0 N–H and O–H groups in total. The summed E-state index contributed by atoms with van der Waals surface area (Å²) in [5.74, 6) is 0.158. The molecule has 0 fully saturated rings. The van der Waals surface area contributed by atoms with E-state index in [9.17, 15) is 9.13 Å². The summed E-state index contributed by atoms with van der Waals surface area (Å²) in [6, 6.07) is 0. The van der Waals surface area contributed by atoms with Crippen molar-refractivity contribution in [3.05, 3.63) is 0 Å². The van der Waals surface area contributed by atoms with Gasteiger partial charge in [0.25, 0.3) is 0 Å².